The van der Waals surface area contributed by atoms with E-state index in [1.54, 1.807) is 0 Å². The van der Waals surface area contributed by atoms with E-state index in [2.05, 4.69) is 53.1 Å². The van der Waals surface area contributed by atoms with E-state index in [-0.39, 0.29) is 0 Å². The first kappa shape index (κ1) is 22.0. The van der Waals surface area contributed by atoms with Gasteiger partial charge in [0.15, 0.2) is 0 Å². The molecular weight excluding hydrogens is 336 g/mol. The van der Waals surface area contributed by atoms with Gasteiger partial charge in [-0.05, 0) is 0 Å². The third-order valence-corrected chi connectivity index (χ3v) is 14.0. The molecule has 7 heteroatoms. The average molecular weight is 372 g/mol. The zero-order chi connectivity index (χ0) is 16.6. The molecule has 0 saturated heterocycles. The molecule has 0 N–H and O–H groups in total. The number of hydrogen-bond donors (Lipinski definition) is 0. The monoisotopic (exact) mass is 372 g/mol. The van der Waals surface area contributed by atoms with Crippen molar-refractivity contribution in [3.05, 3.63) is 0 Å². The molecule has 0 radical (unpaired) electrons. The Morgan fingerprint density at radius 2 is 1.00 bits per heavy atom. The zero-order valence-electron chi connectivity index (χ0n) is 15.4. The summed E-state index contributed by atoms with van der Waals surface area (Å²) in [6, 6.07) is 0. The van der Waals surface area contributed by atoms with Crippen LogP contribution >= 0.6 is 0 Å². The van der Waals surface area contributed by atoms with Crippen LogP contribution in [0.2, 0.25) is 39.3 Å². The van der Waals surface area contributed by atoms with Gasteiger partial charge in [-0.2, -0.15) is 0 Å². The molecule has 0 aromatic carbocycles. The standard InChI is InChI=1S/2C4H9O.2C3H9OSi.Ti/c2*1-2-3-4-5;2*1-5(2,3)4;/h2*2-4H2,1H3;2*1-3H3;/q4*-1;+4. The molecule has 0 rings (SSSR count). The van der Waals surface area contributed by atoms with Crippen LogP contribution in [0.15, 0.2) is 0 Å². The van der Waals surface area contributed by atoms with Crippen molar-refractivity contribution in [1.29, 1.82) is 0 Å². The summed E-state index contributed by atoms with van der Waals surface area (Å²) in [5.74, 6) is 0. The van der Waals surface area contributed by atoms with E-state index in [1.165, 1.54) is 0 Å². The van der Waals surface area contributed by atoms with E-state index >= 15 is 0 Å². The molecular formula is C14H36O4Si2Ti. The van der Waals surface area contributed by atoms with Gasteiger partial charge in [-0.1, -0.05) is 0 Å². The minimum atomic E-state index is -3.62. The Hall–Kier alpha value is 0.988. The molecule has 0 amide bonds. The van der Waals surface area contributed by atoms with Gasteiger partial charge < -0.3 is 0 Å². The van der Waals surface area contributed by atoms with E-state index in [4.69, 9.17) is 12.7 Å². The van der Waals surface area contributed by atoms with Crippen molar-refractivity contribution in [3.8, 4) is 0 Å². The first-order valence-corrected chi connectivity index (χ1v) is 17.6. The Labute approximate surface area is 139 Å². The summed E-state index contributed by atoms with van der Waals surface area (Å²) in [7, 11) is -3.56. The predicted molar refractivity (Wildman–Crippen MR) is 90.6 cm³/mol. The molecule has 21 heavy (non-hydrogen) atoms. The summed E-state index contributed by atoms with van der Waals surface area (Å²) in [6.45, 7) is 18.7. The second-order valence-electron chi connectivity index (χ2n) is 7.33. The van der Waals surface area contributed by atoms with Gasteiger partial charge in [0, 0.05) is 0 Å². The van der Waals surface area contributed by atoms with Crippen LogP contribution in [-0.2, 0) is 30.8 Å². The minimum absolute atomic E-state index is 0.678. The van der Waals surface area contributed by atoms with Crippen LogP contribution in [-0.4, -0.2) is 29.8 Å². The second-order valence-corrected chi connectivity index (χ2v) is 20.6. The maximum absolute atomic E-state index is 6.39. The van der Waals surface area contributed by atoms with Crippen LogP contribution in [0, 0.1) is 0 Å². The van der Waals surface area contributed by atoms with Crippen molar-refractivity contribution < 1.29 is 30.8 Å². The summed E-state index contributed by atoms with van der Waals surface area (Å²) in [5, 5.41) is 0. The molecule has 0 aliphatic rings. The van der Waals surface area contributed by atoms with Gasteiger partial charge in [-0.15, -0.1) is 0 Å². The fourth-order valence-corrected chi connectivity index (χ4v) is 13.6. The molecule has 0 unspecified atom stereocenters. The third-order valence-electron chi connectivity index (χ3n) is 2.42. The molecule has 128 valence electrons. The maximum atomic E-state index is 6.39. The summed E-state index contributed by atoms with van der Waals surface area (Å²) in [5.41, 5.74) is 0. The van der Waals surface area contributed by atoms with Gasteiger partial charge >= 0.3 is 139 Å². The SMILES string of the molecule is CCCC[O][Ti]([O]CCCC)([O][Si](C)(C)C)[O][Si](C)(C)C. The summed E-state index contributed by atoms with van der Waals surface area (Å²) < 4.78 is 25.1. The molecule has 0 aromatic heterocycles. The number of hydrogen-bond acceptors (Lipinski definition) is 4. The third kappa shape index (κ3) is 12.1. The average Bonchev–Trinajstić information content (AvgIpc) is 2.25. The Balaban J connectivity index is 5.05. The topological polar surface area (TPSA) is 36.9 Å². The van der Waals surface area contributed by atoms with Gasteiger partial charge in [0.1, 0.15) is 0 Å². The van der Waals surface area contributed by atoms with E-state index in [1.807, 2.05) is 0 Å². The van der Waals surface area contributed by atoms with Crippen LogP contribution in [0.4, 0.5) is 0 Å². The van der Waals surface area contributed by atoms with Crippen molar-refractivity contribution >= 4 is 16.6 Å². The van der Waals surface area contributed by atoms with Gasteiger partial charge in [0.25, 0.3) is 0 Å². The fourth-order valence-electron chi connectivity index (χ4n) is 1.61. The van der Waals surface area contributed by atoms with E-state index < -0.39 is 34.8 Å². The van der Waals surface area contributed by atoms with Gasteiger partial charge in [-0.25, -0.2) is 0 Å². The fraction of sp³-hybridized carbons (Fsp3) is 1.00. The molecule has 0 saturated carbocycles. The Morgan fingerprint density at radius 3 is 1.24 bits per heavy atom. The van der Waals surface area contributed by atoms with E-state index in [0.29, 0.717) is 13.2 Å². The van der Waals surface area contributed by atoms with Gasteiger partial charge in [0.05, 0.1) is 0 Å². The Morgan fingerprint density at radius 1 is 0.667 bits per heavy atom. The van der Waals surface area contributed by atoms with Crippen LogP contribution in [0.3, 0.4) is 0 Å². The summed E-state index contributed by atoms with van der Waals surface area (Å²) in [4.78, 5) is 0. The Kier molecular flexibility index (Phi) is 10.4. The molecule has 0 spiro atoms. The Bertz CT molecular complexity index is 249. The van der Waals surface area contributed by atoms with E-state index in [0.717, 1.165) is 25.7 Å². The van der Waals surface area contributed by atoms with Crippen LogP contribution < -0.4 is 0 Å². The predicted octanol–water partition coefficient (Wildman–Crippen LogP) is 5.14. The first-order chi connectivity index (χ1) is 9.54. The van der Waals surface area contributed by atoms with Crippen molar-refractivity contribution in [2.45, 2.75) is 78.8 Å². The molecule has 0 heterocycles. The molecule has 0 bridgehead atoms. The first-order valence-electron chi connectivity index (χ1n) is 8.22. The summed E-state index contributed by atoms with van der Waals surface area (Å²) >= 11 is -3.62. The molecule has 0 aromatic rings. The van der Waals surface area contributed by atoms with Gasteiger partial charge in [-0.3, -0.25) is 0 Å². The van der Waals surface area contributed by atoms with Gasteiger partial charge in [0.2, 0.25) is 0 Å². The zero-order valence-corrected chi connectivity index (χ0v) is 18.9. The molecule has 0 aliphatic heterocycles. The van der Waals surface area contributed by atoms with Crippen LogP contribution in [0.1, 0.15) is 39.5 Å². The molecule has 0 atom stereocenters. The van der Waals surface area contributed by atoms with Crippen molar-refractivity contribution in [2.75, 3.05) is 13.2 Å². The van der Waals surface area contributed by atoms with Crippen molar-refractivity contribution in [2.24, 2.45) is 0 Å². The molecule has 0 fully saturated rings. The quantitative estimate of drug-likeness (QED) is 0.351. The number of unbranched alkanes of at least 4 members (excludes halogenated alkanes) is 2. The van der Waals surface area contributed by atoms with E-state index in [9.17, 15) is 0 Å². The van der Waals surface area contributed by atoms with Crippen LogP contribution in [0.25, 0.3) is 0 Å². The molecule has 4 nitrogen and oxygen atoms in total. The van der Waals surface area contributed by atoms with Crippen molar-refractivity contribution in [3.63, 3.8) is 0 Å². The van der Waals surface area contributed by atoms with Crippen LogP contribution in [0.5, 0.6) is 0 Å². The normalized spacial score (nSPS) is 13.7. The molecule has 0 aliphatic carbocycles. The van der Waals surface area contributed by atoms with Crippen molar-refractivity contribution in [1.82, 2.24) is 0 Å². The second kappa shape index (κ2) is 9.98. The number of rotatable bonds is 12. The summed E-state index contributed by atoms with van der Waals surface area (Å²) in [6.07, 6.45) is 4.25.